The van der Waals surface area contributed by atoms with Crippen LogP contribution in [0.1, 0.15) is 52.4 Å². The Labute approximate surface area is 117 Å². The van der Waals surface area contributed by atoms with Crippen molar-refractivity contribution in [3.63, 3.8) is 0 Å². The molecule has 2 unspecified atom stereocenters. The fraction of sp³-hybridized carbons (Fsp3) is 0.933. The largest absolute Gasteiger partial charge is 0.368 e. The summed E-state index contributed by atoms with van der Waals surface area (Å²) in [5.74, 6) is 0.633. The fourth-order valence-corrected chi connectivity index (χ4v) is 3.01. The summed E-state index contributed by atoms with van der Waals surface area (Å²) >= 11 is 0. The first-order chi connectivity index (χ1) is 9.03. The van der Waals surface area contributed by atoms with Gasteiger partial charge in [-0.15, -0.1) is 0 Å². The number of carbonyl (C=O) groups excluding carboxylic acids is 1. The monoisotopic (exact) mass is 267 g/mol. The number of nitrogens with two attached hydrogens (primary N) is 1. The standard InChI is InChI=1S/C15H29N3O/c1-3-12-5-4-9-18(11-12)10-8-15(2,14(16)19)17-13-6-7-13/h12-13,17H,3-11H2,1-2H3,(H2,16,19). The normalized spacial score (nSPS) is 28.0. The maximum Gasteiger partial charge on any atom is 0.237 e. The van der Waals surface area contributed by atoms with E-state index >= 15 is 0 Å². The molecule has 0 aromatic heterocycles. The molecular weight excluding hydrogens is 238 g/mol. The number of carbonyl (C=O) groups is 1. The Balaban J connectivity index is 1.82. The molecule has 1 saturated carbocycles. The van der Waals surface area contributed by atoms with Crippen LogP contribution in [0.3, 0.4) is 0 Å². The van der Waals surface area contributed by atoms with Crippen LogP contribution in [-0.2, 0) is 4.79 Å². The molecule has 1 aliphatic carbocycles. The number of likely N-dealkylation sites (tertiary alicyclic amines) is 1. The van der Waals surface area contributed by atoms with E-state index in [2.05, 4.69) is 17.1 Å². The number of rotatable bonds is 7. The summed E-state index contributed by atoms with van der Waals surface area (Å²) in [4.78, 5) is 14.2. The molecule has 0 bridgehead atoms. The molecule has 1 saturated heterocycles. The number of hydrogen-bond donors (Lipinski definition) is 2. The first-order valence-corrected chi connectivity index (χ1v) is 7.83. The summed E-state index contributed by atoms with van der Waals surface area (Å²) in [5, 5.41) is 3.43. The second-order valence-corrected chi connectivity index (χ2v) is 6.58. The van der Waals surface area contributed by atoms with Gasteiger partial charge in [-0.3, -0.25) is 4.79 Å². The minimum Gasteiger partial charge on any atom is -0.368 e. The Kier molecular flexibility index (Phi) is 4.85. The van der Waals surface area contributed by atoms with E-state index in [-0.39, 0.29) is 5.91 Å². The maximum atomic E-state index is 11.7. The summed E-state index contributed by atoms with van der Waals surface area (Å²) in [7, 11) is 0. The van der Waals surface area contributed by atoms with Crippen LogP contribution in [0.25, 0.3) is 0 Å². The molecule has 0 aromatic carbocycles. The predicted octanol–water partition coefficient (Wildman–Crippen LogP) is 1.49. The van der Waals surface area contributed by atoms with Gasteiger partial charge in [0.1, 0.15) is 0 Å². The Bertz CT molecular complexity index is 317. The van der Waals surface area contributed by atoms with E-state index in [1.807, 2.05) is 6.92 Å². The van der Waals surface area contributed by atoms with Gasteiger partial charge in [0.25, 0.3) is 0 Å². The van der Waals surface area contributed by atoms with Gasteiger partial charge in [-0.1, -0.05) is 13.3 Å². The molecule has 4 nitrogen and oxygen atoms in total. The summed E-state index contributed by atoms with van der Waals surface area (Å²) in [5.41, 5.74) is 5.07. The molecule has 2 fully saturated rings. The van der Waals surface area contributed by atoms with Crippen molar-refractivity contribution in [2.75, 3.05) is 19.6 Å². The van der Waals surface area contributed by atoms with Gasteiger partial charge in [-0.2, -0.15) is 0 Å². The molecule has 1 aliphatic heterocycles. The van der Waals surface area contributed by atoms with E-state index in [1.54, 1.807) is 0 Å². The number of amides is 1. The van der Waals surface area contributed by atoms with E-state index < -0.39 is 5.54 Å². The van der Waals surface area contributed by atoms with Gasteiger partial charge in [-0.05, 0) is 51.5 Å². The van der Waals surface area contributed by atoms with Gasteiger partial charge in [0.2, 0.25) is 5.91 Å². The second kappa shape index (κ2) is 6.23. The lowest BCUT2D eigenvalue weighted by atomic mass is 9.93. The molecule has 2 rings (SSSR count). The topological polar surface area (TPSA) is 58.4 Å². The summed E-state index contributed by atoms with van der Waals surface area (Å²) in [6, 6.07) is 0.516. The third kappa shape index (κ3) is 4.18. The van der Waals surface area contributed by atoms with Crippen molar-refractivity contribution >= 4 is 5.91 Å². The number of hydrogen-bond acceptors (Lipinski definition) is 3. The molecule has 0 radical (unpaired) electrons. The van der Waals surface area contributed by atoms with Crippen molar-refractivity contribution in [2.45, 2.75) is 64.0 Å². The molecular formula is C15H29N3O. The van der Waals surface area contributed by atoms with Crippen LogP contribution in [0.2, 0.25) is 0 Å². The molecule has 2 atom stereocenters. The minimum atomic E-state index is -0.527. The van der Waals surface area contributed by atoms with Gasteiger partial charge in [0, 0.05) is 19.1 Å². The Hall–Kier alpha value is -0.610. The average molecular weight is 267 g/mol. The first-order valence-electron chi connectivity index (χ1n) is 7.83. The molecule has 19 heavy (non-hydrogen) atoms. The lowest BCUT2D eigenvalue weighted by Gasteiger charge is -2.35. The van der Waals surface area contributed by atoms with Gasteiger partial charge in [0.15, 0.2) is 0 Å². The van der Waals surface area contributed by atoms with Gasteiger partial charge in [0.05, 0.1) is 5.54 Å². The van der Waals surface area contributed by atoms with Crippen LogP contribution >= 0.6 is 0 Å². The smallest absolute Gasteiger partial charge is 0.237 e. The van der Waals surface area contributed by atoms with Crippen molar-refractivity contribution in [3.8, 4) is 0 Å². The van der Waals surface area contributed by atoms with Crippen LogP contribution in [0.5, 0.6) is 0 Å². The van der Waals surface area contributed by atoms with E-state index in [0.717, 1.165) is 18.9 Å². The summed E-state index contributed by atoms with van der Waals surface area (Å²) in [6.45, 7) is 7.59. The second-order valence-electron chi connectivity index (χ2n) is 6.58. The SMILES string of the molecule is CCC1CCCN(CCC(C)(NC2CC2)C(N)=O)C1. The maximum absolute atomic E-state index is 11.7. The fourth-order valence-electron chi connectivity index (χ4n) is 3.01. The summed E-state index contributed by atoms with van der Waals surface area (Å²) in [6.07, 6.45) is 7.12. The number of nitrogens with one attached hydrogen (secondary N) is 1. The highest BCUT2D eigenvalue weighted by atomic mass is 16.1. The van der Waals surface area contributed by atoms with E-state index in [4.69, 9.17) is 5.73 Å². The van der Waals surface area contributed by atoms with Crippen molar-refractivity contribution in [2.24, 2.45) is 11.7 Å². The van der Waals surface area contributed by atoms with Gasteiger partial charge in [-0.25, -0.2) is 0 Å². The minimum absolute atomic E-state index is 0.205. The highest BCUT2D eigenvalue weighted by Gasteiger charge is 2.37. The molecule has 2 aliphatic rings. The van der Waals surface area contributed by atoms with Crippen LogP contribution in [0.15, 0.2) is 0 Å². The van der Waals surface area contributed by atoms with Crippen LogP contribution in [-0.4, -0.2) is 42.0 Å². The Morgan fingerprint density at radius 3 is 2.74 bits per heavy atom. The van der Waals surface area contributed by atoms with Crippen molar-refractivity contribution in [1.29, 1.82) is 0 Å². The molecule has 4 heteroatoms. The first kappa shape index (κ1) is 14.8. The van der Waals surface area contributed by atoms with E-state index in [9.17, 15) is 4.79 Å². The van der Waals surface area contributed by atoms with Crippen LogP contribution in [0.4, 0.5) is 0 Å². The third-order valence-electron chi connectivity index (χ3n) is 4.75. The van der Waals surface area contributed by atoms with Crippen molar-refractivity contribution < 1.29 is 4.79 Å². The molecule has 1 amide bonds. The van der Waals surface area contributed by atoms with Crippen molar-refractivity contribution in [1.82, 2.24) is 10.2 Å². The number of primary amides is 1. The Morgan fingerprint density at radius 1 is 1.42 bits per heavy atom. The van der Waals surface area contributed by atoms with E-state index in [0.29, 0.717) is 6.04 Å². The number of piperidine rings is 1. The molecule has 3 N–H and O–H groups in total. The zero-order valence-corrected chi connectivity index (χ0v) is 12.5. The highest BCUT2D eigenvalue weighted by molar-refractivity contribution is 5.84. The van der Waals surface area contributed by atoms with E-state index in [1.165, 1.54) is 45.2 Å². The average Bonchev–Trinajstić information content (AvgIpc) is 3.20. The highest BCUT2D eigenvalue weighted by Crippen LogP contribution is 2.25. The zero-order valence-electron chi connectivity index (χ0n) is 12.5. The van der Waals surface area contributed by atoms with Crippen LogP contribution in [0, 0.1) is 5.92 Å². The Morgan fingerprint density at radius 2 is 2.16 bits per heavy atom. The molecule has 110 valence electrons. The summed E-state index contributed by atoms with van der Waals surface area (Å²) < 4.78 is 0. The van der Waals surface area contributed by atoms with Gasteiger partial charge >= 0.3 is 0 Å². The predicted molar refractivity (Wildman–Crippen MR) is 77.8 cm³/mol. The van der Waals surface area contributed by atoms with Crippen LogP contribution < -0.4 is 11.1 Å². The van der Waals surface area contributed by atoms with Gasteiger partial charge < -0.3 is 16.0 Å². The quantitative estimate of drug-likeness (QED) is 0.735. The van der Waals surface area contributed by atoms with Crippen molar-refractivity contribution in [3.05, 3.63) is 0 Å². The molecule has 0 spiro atoms. The third-order valence-corrected chi connectivity index (χ3v) is 4.75. The molecule has 0 aromatic rings. The number of nitrogens with zero attached hydrogens (tertiary/aromatic N) is 1. The zero-order chi connectivity index (χ0) is 13.9. The molecule has 1 heterocycles. The lowest BCUT2D eigenvalue weighted by Crippen LogP contribution is -2.55. The lowest BCUT2D eigenvalue weighted by molar-refractivity contribution is -0.124.